The molecule has 8 heteroatoms. The summed E-state index contributed by atoms with van der Waals surface area (Å²) in [6, 6.07) is 33.4. The molecule has 1 aliphatic rings. The van der Waals surface area contributed by atoms with Gasteiger partial charge in [0.2, 0.25) is 5.91 Å². The van der Waals surface area contributed by atoms with Gasteiger partial charge in [0.25, 0.3) is 5.91 Å². The van der Waals surface area contributed by atoms with Crippen molar-refractivity contribution in [3.63, 3.8) is 0 Å². The third-order valence-electron chi connectivity index (χ3n) is 8.30. The summed E-state index contributed by atoms with van der Waals surface area (Å²) < 4.78 is 5.99. The maximum atomic E-state index is 13.9. The number of hydrogen-bond acceptors (Lipinski definition) is 6. The van der Waals surface area contributed by atoms with Gasteiger partial charge in [-0.25, -0.2) is 4.98 Å². The molecule has 0 bridgehead atoms. The molecule has 5 aromatic rings. The first-order valence-electron chi connectivity index (χ1n) is 15.1. The second-order valence-electron chi connectivity index (χ2n) is 11.2. The van der Waals surface area contributed by atoms with Crippen molar-refractivity contribution in [1.82, 2.24) is 20.2 Å². The largest absolute Gasteiger partial charge is 0.487 e. The van der Waals surface area contributed by atoms with Gasteiger partial charge in [0.15, 0.2) is 0 Å². The molecule has 6 rings (SSSR count). The number of carbonyl (C=O) groups excluding carboxylic acids is 2. The van der Waals surface area contributed by atoms with E-state index < -0.39 is 6.04 Å². The number of nitrogens with zero attached hydrogens (tertiary/aromatic N) is 4. The third-order valence-corrected chi connectivity index (χ3v) is 8.30. The van der Waals surface area contributed by atoms with Crippen LogP contribution in [0.2, 0.25) is 0 Å². The minimum Gasteiger partial charge on any atom is -0.487 e. The molecule has 0 spiro atoms. The number of nitrogens with one attached hydrogen (secondary N) is 1. The molecule has 2 amide bonds. The minimum atomic E-state index is -0.855. The summed E-state index contributed by atoms with van der Waals surface area (Å²) in [5, 5.41) is 13.9. The SMILES string of the molecule is N#CC(c1cccnc1)C1CCN(C(=O)[C@@H](NC(=O)c2cccc(OCc3ccc4ccccc4n3)c2)c2ccccc2)CC1. The molecule has 0 radical (unpaired) electrons. The van der Waals surface area contributed by atoms with Crippen molar-refractivity contribution in [3.8, 4) is 11.8 Å². The maximum absolute atomic E-state index is 13.9. The van der Waals surface area contributed by atoms with Gasteiger partial charge >= 0.3 is 0 Å². The van der Waals surface area contributed by atoms with E-state index in [1.165, 1.54) is 0 Å². The molecule has 0 aliphatic carbocycles. The molecule has 1 fully saturated rings. The predicted molar refractivity (Wildman–Crippen MR) is 171 cm³/mol. The first kappa shape index (κ1) is 29.5. The van der Waals surface area contributed by atoms with Crippen LogP contribution >= 0.6 is 0 Å². The Bertz CT molecular complexity index is 1810. The number of piperidine rings is 1. The Hall–Kier alpha value is -5.55. The smallest absolute Gasteiger partial charge is 0.252 e. The van der Waals surface area contributed by atoms with Crippen LogP contribution in [0.4, 0.5) is 0 Å². The highest BCUT2D eigenvalue weighted by Crippen LogP contribution is 2.33. The average Bonchev–Trinajstić information content (AvgIpc) is 3.11. The van der Waals surface area contributed by atoms with E-state index in [2.05, 4.69) is 21.4 Å². The monoisotopic (exact) mass is 595 g/mol. The van der Waals surface area contributed by atoms with E-state index >= 15 is 0 Å². The van der Waals surface area contributed by atoms with Crippen LogP contribution in [0.5, 0.6) is 5.75 Å². The van der Waals surface area contributed by atoms with Crippen molar-refractivity contribution in [2.24, 2.45) is 5.92 Å². The molecule has 45 heavy (non-hydrogen) atoms. The summed E-state index contributed by atoms with van der Waals surface area (Å²) in [5.74, 6) is -0.157. The van der Waals surface area contributed by atoms with Crippen LogP contribution in [0.3, 0.4) is 0 Å². The van der Waals surface area contributed by atoms with E-state index in [4.69, 9.17) is 4.74 Å². The highest BCUT2D eigenvalue weighted by atomic mass is 16.5. The standard InChI is InChI=1S/C37H33N5O3/c38-23-33(30-12-7-19-39-24-30)26-17-20-42(21-18-26)37(44)35(28-9-2-1-3-10-28)41-36(43)29-11-6-13-32(22-29)45-25-31-16-15-27-8-4-5-14-34(27)40-31/h1-16,19,22,24,26,33,35H,17-18,20-21,25H2,(H,41,43)/t33?,35-/m0/s1. The van der Waals surface area contributed by atoms with Gasteiger partial charge in [0.1, 0.15) is 18.4 Å². The van der Waals surface area contributed by atoms with E-state index in [1.54, 1.807) is 41.6 Å². The fraction of sp³-hybridized carbons (Fsp3) is 0.216. The van der Waals surface area contributed by atoms with Crippen LogP contribution in [-0.4, -0.2) is 39.8 Å². The Kier molecular flexibility index (Phi) is 9.07. The number of ether oxygens (including phenoxy) is 1. The van der Waals surface area contributed by atoms with Gasteiger partial charge in [-0.15, -0.1) is 0 Å². The molecule has 3 heterocycles. The number of carbonyl (C=O) groups is 2. The Balaban J connectivity index is 1.12. The van der Waals surface area contributed by atoms with Gasteiger partial charge in [0, 0.05) is 36.4 Å². The van der Waals surface area contributed by atoms with Gasteiger partial charge in [-0.05, 0) is 66.3 Å². The molecular weight excluding hydrogens is 562 g/mol. The lowest BCUT2D eigenvalue weighted by Gasteiger charge is -2.36. The van der Waals surface area contributed by atoms with Crippen molar-refractivity contribution in [3.05, 3.63) is 138 Å². The van der Waals surface area contributed by atoms with Crippen LogP contribution < -0.4 is 10.1 Å². The van der Waals surface area contributed by atoms with E-state index in [0.717, 1.165) is 22.2 Å². The summed E-state index contributed by atoms with van der Waals surface area (Å²) >= 11 is 0. The Labute approximate surface area is 262 Å². The van der Waals surface area contributed by atoms with E-state index in [1.807, 2.05) is 78.9 Å². The first-order chi connectivity index (χ1) is 22.1. The van der Waals surface area contributed by atoms with Gasteiger partial charge in [-0.2, -0.15) is 5.26 Å². The summed E-state index contributed by atoms with van der Waals surface area (Å²) in [6.07, 6.45) is 4.83. The predicted octanol–water partition coefficient (Wildman–Crippen LogP) is 6.23. The highest BCUT2D eigenvalue weighted by molar-refractivity contribution is 5.98. The summed E-state index contributed by atoms with van der Waals surface area (Å²) in [6.45, 7) is 1.27. The quantitative estimate of drug-likeness (QED) is 0.217. The van der Waals surface area contributed by atoms with Crippen molar-refractivity contribution in [2.45, 2.75) is 31.4 Å². The second kappa shape index (κ2) is 13.8. The Morgan fingerprint density at radius 3 is 2.47 bits per heavy atom. The fourth-order valence-corrected chi connectivity index (χ4v) is 5.87. The highest BCUT2D eigenvalue weighted by Gasteiger charge is 2.33. The molecule has 3 aromatic carbocycles. The van der Waals surface area contributed by atoms with Gasteiger partial charge in [-0.1, -0.05) is 66.7 Å². The number of likely N-dealkylation sites (tertiary alicyclic amines) is 1. The lowest BCUT2D eigenvalue weighted by molar-refractivity contribution is -0.134. The Morgan fingerprint density at radius 2 is 1.69 bits per heavy atom. The molecule has 1 saturated heterocycles. The zero-order valence-corrected chi connectivity index (χ0v) is 24.8. The van der Waals surface area contributed by atoms with Crippen molar-refractivity contribution >= 4 is 22.7 Å². The number of pyridine rings is 2. The molecule has 2 atom stereocenters. The fourth-order valence-electron chi connectivity index (χ4n) is 5.87. The van der Waals surface area contributed by atoms with Crippen LogP contribution in [0.15, 0.2) is 116 Å². The van der Waals surface area contributed by atoms with Crippen molar-refractivity contribution in [1.29, 1.82) is 5.26 Å². The number of para-hydroxylation sites is 1. The Morgan fingerprint density at radius 1 is 0.911 bits per heavy atom. The lowest BCUT2D eigenvalue weighted by Crippen LogP contribution is -2.46. The van der Waals surface area contributed by atoms with Gasteiger partial charge in [-0.3, -0.25) is 14.6 Å². The normalized spacial score (nSPS) is 14.7. The van der Waals surface area contributed by atoms with Crippen LogP contribution in [0.25, 0.3) is 10.9 Å². The van der Waals surface area contributed by atoms with Gasteiger partial charge in [0.05, 0.1) is 23.2 Å². The maximum Gasteiger partial charge on any atom is 0.252 e. The summed E-state index contributed by atoms with van der Waals surface area (Å²) in [4.78, 5) is 38.1. The van der Waals surface area contributed by atoms with Crippen molar-refractivity contribution in [2.75, 3.05) is 13.1 Å². The first-order valence-corrected chi connectivity index (χ1v) is 15.1. The average molecular weight is 596 g/mol. The van der Waals surface area contributed by atoms with Crippen LogP contribution in [0, 0.1) is 17.2 Å². The third kappa shape index (κ3) is 7.00. The lowest BCUT2D eigenvalue weighted by atomic mass is 9.81. The molecule has 224 valence electrons. The molecule has 1 aliphatic heterocycles. The summed E-state index contributed by atoms with van der Waals surface area (Å²) in [5.41, 5.74) is 3.67. The number of nitriles is 1. The molecule has 2 aromatic heterocycles. The number of aromatic nitrogens is 2. The topological polar surface area (TPSA) is 108 Å². The molecule has 8 nitrogen and oxygen atoms in total. The van der Waals surface area contributed by atoms with Crippen molar-refractivity contribution < 1.29 is 14.3 Å². The number of rotatable bonds is 9. The summed E-state index contributed by atoms with van der Waals surface area (Å²) in [7, 11) is 0. The zero-order valence-electron chi connectivity index (χ0n) is 24.8. The molecule has 1 unspecified atom stereocenters. The number of benzene rings is 3. The van der Waals surface area contributed by atoms with E-state index in [0.29, 0.717) is 42.8 Å². The molecule has 1 N–H and O–H groups in total. The number of hydrogen-bond donors (Lipinski definition) is 1. The van der Waals surface area contributed by atoms with E-state index in [-0.39, 0.29) is 30.3 Å². The number of fused-ring (bicyclic) bond motifs is 1. The molecular formula is C37H33N5O3. The van der Waals surface area contributed by atoms with Gasteiger partial charge < -0.3 is 15.0 Å². The van der Waals surface area contributed by atoms with E-state index in [9.17, 15) is 14.9 Å². The zero-order chi connectivity index (χ0) is 31.0. The van der Waals surface area contributed by atoms with Crippen LogP contribution in [-0.2, 0) is 11.4 Å². The van der Waals surface area contributed by atoms with Crippen LogP contribution in [0.1, 0.15) is 52.0 Å². The number of amides is 2. The minimum absolute atomic E-state index is 0.126. The molecule has 0 saturated carbocycles. The second-order valence-corrected chi connectivity index (χ2v) is 11.2.